The highest BCUT2D eigenvalue weighted by Crippen LogP contribution is 2.54. The Kier molecular flexibility index (Phi) is 6.10. The van der Waals surface area contributed by atoms with E-state index in [1.807, 2.05) is 11.3 Å². The summed E-state index contributed by atoms with van der Waals surface area (Å²) in [6.45, 7) is 4.74. The van der Waals surface area contributed by atoms with E-state index in [-0.39, 0.29) is 5.41 Å². The lowest BCUT2D eigenvalue weighted by Crippen LogP contribution is -2.14. The van der Waals surface area contributed by atoms with E-state index in [1.54, 1.807) is 0 Å². The first-order valence-corrected chi connectivity index (χ1v) is 16.7. The van der Waals surface area contributed by atoms with Crippen molar-refractivity contribution < 1.29 is 0 Å². The quantitative estimate of drug-likeness (QED) is 0.194. The SMILES string of the molecule is CC1(C)c2ccc(-c3cccc(-c4cc(-c5ccccc5)nc(-c5ccccc5)c4)c3)cc2-c2c1ccc1c2sc2ccccc21. The van der Waals surface area contributed by atoms with Crippen molar-refractivity contribution in [3.8, 4) is 55.9 Å². The highest BCUT2D eigenvalue weighted by molar-refractivity contribution is 7.26. The van der Waals surface area contributed by atoms with Crippen LogP contribution in [0.5, 0.6) is 0 Å². The lowest BCUT2D eigenvalue weighted by Gasteiger charge is -2.21. The van der Waals surface area contributed by atoms with Gasteiger partial charge in [0.25, 0.3) is 0 Å². The van der Waals surface area contributed by atoms with Gasteiger partial charge in [-0.05, 0) is 69.3 Å². The predicted octanol–water partition coefficient (Wildman–Crippen LogP) is 12.4. The zero-order valence-corrected chi connectivity index (χ0v) is 26.6. The molecule has 1 nitrogen and oxygen atoms in total. The Morgan fingerprint density at radius 3 is 1.76 bits per heavy atom. The van der Waals surface area contributed by atoms with Crippen LogP contribution >= 0.6 is 11.3 Å². The lowest BCUT2D eigenvalue weighted by molar-refractivity contribution is 0.661. The summed E-state index contributed by atoms with van der Waals surface area (Å²) in [7, 11) is 0. The summed E-state index contributed by atoms with van der Waals surface area (Å²) in [5.41, 5.74) is 14.5. The minimum atomic E-state index is -0.0475. The molecule has 46 heavy (non-hydrogen) atoms. The first-order valence-electron chi connectivity index (χ1n) is 15.9. The van der Waals surface area contributed by atoms with E-state index >= 15 is 0 Å². The number of pyridine rings is 1. The molecule has 6 aromatic carbocycles. The Balaban J connectivity index is 1.19. The minimum absolute atomic E-state index is 0.0475. The van der Waals surface area contributed by atoms with Crippen LogP contribution in [0.1, 0.15) is 25.0 Å². The Bertz CT molecular complexity index is 2380. The van der Waals surface area contributed by atoms with Crippen molar-refractivity contribution in [2.75, 3.05) is 0 Å². The van der Waals surface area contributed by atoms with Gasteiger partial charge >= 0.3 is 0 Å². The van der Waals surface area contributed by atoms with Gasteiger partial charge in [-0.3, -0.25) is 0 Å². The van der Waals surface area contributed by atoms with E-state index in [9.17, 15) is 0 Å². The molecule has 2 heteroatoms. The largest absolute Gasteiger partial charge is 0.248 e. The van der Waals surface area contributed by atoms with Crippen molar-refractivity contribution in [1.29, 1.82) is 0 Å². The molecule has 218 valence electrons. The molecule has 0 amide bonds. The van der Waals surface area contributed by atoms with Gasteiger partial charge in [-0.25, -0.2) is 4.98 Å². The minimum Gasteiger partial charge on any atom is -0.248 e. The van der Waals surface area contributed by atoms with Crippen molar-refractivity contribution in [2.45, 2.75) is 19.3 Å². The first kappa shape index (κ1) is 27.0. The van der Waals surface area contributed by atoms with Crippen LogP contribution in [0.4, 0.5) is 0 Å². The van der Waals surface area contributed by atoms with Crippen LogP contribution in [0.3, 0.4) is 0 Å². The standard InChI is InChI=1S/C44H31NS/c1-44(2)37-22-20-32(25-36(37)42-38(44)23-21-35-34-18-9-10-19-41(34)46-43(35)42)30-16-11-17-31(24-30)33-26-39(28-12-5-3-6-13-28)45-40(27-33)29-14-7-4-8-15-29/h3-27H,1-2H3. The number of fused-ring (bicyclic) bond motifs is 7. The molecule has 0 saturated heterocycles. The number of hydrogen-bond acceptors (Lipinski definition) is 2. The first-order chi connectivity index (χ1) is 22.5. The van der Waals surface area contributed by atoms with E-state index in [0.717, 1.165) is 28.1 Å². The highest BCUT2D eigenvalue weighted by Gasteiger charge is 2.37. The summed E-state index contributed by atoms with van der Waals surface area (Å²) in [4.78, 5) is 5.10. The van der Waals surface area contributed by atoms with Gasteiger partial charge in [0.05, 0.1) is 11.4 Å². The third-order valence-electron chi connectivity index (χ3n) is 9.68. The van der Waals surface area contributed by atoms with Gasteiger partial charge in [0.1, 0.15) is 0 Å². The van der Waals surface area contributed by atoms with Gasteiger partial charge < -0.3 is 0 Å². The van der Waals surface area contributed by atoms with Gasteiger partial charge in [0.2, 0.25) is 0 Å². The number of rotatable bonds is 4. The lowest BCUT2D eigenvalue weighted by atomic mass is 9.82. The number of aromatic nitrogens is 1. The van der Waals surface area contributed by atoms with Gasteiger partial charge in [0.15, 0.2) is 0 Å². The summed E-state index contributed by atoms with van der Waals surface area (Å²) < 4.78 is 2.75. The molecule has 0 spiro atoms. The van der Waals surface area contributed by atoms with E-state index in [2.05, 4.69) is 166 Å². The zero-order chi connectivity index (χ0) is 30.8. The molecule has 2 aromatic heterocycles. The van der Waals surface area contributed by atoms with Crippen LogP contribution in [0, 0.1) is 0 Å². The van der Waals surface area contributed by atoms with Gasteiger partial charge in [-0.2, -0.15) is 0 Å². The van der Waals surface area contributed by atoms with Crippen molar-refractivity contribution in [2.24, 2.45) is 0 Å². The molecule has 0 bridgehead atoms. The van der Waals surface area contributed by atoms with Gasteiger partial charge in [0, 0.05) is 42.3 Å². The number of hydrogen-bond donors (Lipinski definition) is 0. The van der Waals surface area contributed by atoms with Crippen LogP contribution < -0.4 is 0 Å². The summed E-state index contributed by atoms with van der Waals surface area (Å²) >= 11 is 1.93. The van der Waals surface area contributed by atoms with Crippen LogP contribution in [0.2, 0.25) is 0 Å². The number of thiophene rings is 1. The number of benzene rings is 6. The van der Waals surface area contributed by atoms with E-state index < -0.39 is 0 Å². The maximum atomic E-state index is 5.10. The summed E-state index contributed by atoms with van der Waals surface area (Å²) in [5.74, 6) is 0. The molecule has 9 rings (SSSR count). The average Bonchev–Trinajstić information content (AvgIpc) is 3.61. The summed E-state index contributed by atoms with van der Waals surface area (Å²) in [6, 6.07) is 55.0. The fourth-order valence-electron chi connectivity index (χ4n) is 7.29. The molecular weight excluding hydrogens is 575 g/mol. The molecule has 1 aliphatic rings. The summed E-state index contributed by atoms with van der Waals surface area (Å²) in [5, 5.41) is 2.71. The maximum absolute atomic E-state index is 5.10. The molecule has 0 fully saturated rings. The Hall–Kier alpha value is -5.31. The highest BCUT2D eigenvalue weighted by atomic mass is 32.1. The van der Waals surface area contributed by atoms with Crippen LogP contribution in [0.25, 0.3) is 76.1 Å². The number of nitrogens with zero attached hydrogens (tertiary/aromatic N) is 1. The molecule has 1 aliphatic carbocycles. The van der Waals surface area contributed by atoms with Crippen molar-refractivity contribution in [3.63, 3.8) is 0 Å². The molecular formula is C44H31NS. The molecule has 0 N–H and O–H groups in total. The van der Waals surface area contributed by atoms with Crippen molar-refractivity contribution >= 4 is 31.5 Å². The van der Waals surface area contributed by atoms with E-state index in [1.165, 1.54) is 59.1 Å². The van der Waals surface area contributed by atoms with E-state index in [0.29, 0.717) is 0 Å². The third kappa shape index (κ3) is 4.25. The maximum Gasteiger partial charge on any atom is 0.0715 e. The van der Waals surface area contributed by atoms with Crippen LogP contribution in [-0.2, 0) is 5.41 Å². The molecule has 2 heterocycles. The molecule has 0 atom stereocenters. The van der Waals surface area contributed by atoms with Gasteiger partial charge in [-0.1, -0.05) is 135 Å². The molecule has 0 radical (unpaired) electrons. The monoisotopic (exact) mass is 605 g/mol. The second-order valence-electron chi connectivity index (χ2n) is 12.8. The normalized spacial score (nSPS) is 13.2. The van der Waals surface area contributed by atoms with Gasteiger partial charge in [-0.15, -0.1) is 11.3 Å². The molecule has 0 saturated carbocycles. The second kappa shape index (κ2) is 10.4. The van der Waals surface area contributed by atoms with E-state index in [4.69, 9.17) is 4.98 Å². The zero-order valence-electron chi connectivity index (χ0n) is 25.8. The van der Waals surface area contributed by atoms with Crippen LogP contribution in [0.15, 0.2) is 152 Å². The second-order valence-corrected chi connectivity index (χ2v) is 13.8. The Morgan fingerprint density at radius 2 is 1.04 bits per heavy atom. The third-order valence-corrected chi connectivity index (χ3v) is 10.9. The fourth-order valence-corrected chi connectivity index (χ4v) is 8.55. The predicted molar refractivity (Wildman–Crippen MR) is 196 cm³/mol. The van der Waals surface area contributed by atoms with Crippen molar-refractivity contribution in [3.05, 3.63) is 163 Å². The molecule has 0 unspecified atom stereocenters. The average molecular weight is 606 g/mol. The Morgan fingerprint density at radius 1 is 0.457 bits per heavy atom. The smallest absolute Gasteiger partial charge is 0.0715 e. The molecule has 0 aliphatic heterocycles. The Labute approximate surface area is 273 Å². The summed E-state index contributed by atoms with van der Waals surface area (Å²) in [6.07, 6.45) is 0. The van der Waals surface area contributed by atoms with Crippen molar-refractivity contribution in [1.82, 2.24) is 4.98 Å². The van der Waals surface area contributed by atoms with Crippen LogP contribution in [-0.4, -0.2) is 4.98 Å². The fraction of sp³-hybridized carbons (Fsp3) is 0.0682. The topological polar surface area (TPSA) is 12.9 Å². The molecule has 8 aromatic rings.